The van der Waals surface area contributed by atoms with E-state index in [1.807, 2.05) is 42.5 Å². The van der Waals surface area contributed by atoms with Crippen molar-refractivity contribution in [1.82, 2.24) is 29.5 Å². The number of aromatic nitrogens is 4. The maximum absolute atomic E-state index is 12.9. The third-order valence-corrected chi connectivity index (χ3v) is 9.15. The Morgan fingerprint density at radius 3 is 2.43 bits per heavy atom. The minimum absolute atomic E-state index is 0.110. The van der Waals surface area contributed by atoms with Gasteiger partial charge >= 0.3 is 0 Å². The van der Waals surface area contributed by atoms with Gasteiger partial charge in [-0.1, -0.05) is 24.3 Å². The van der Waals surface area contributed by atoms with Crippen molar-refractivity contribution in [3.8, 4) is 22.8 Å². The average molecular weight is 599 g/mol. The Morgan fingerprint density at radius 2 is 1.68 bits per heavy atom. The van der Waals surface area contributed by atoms with E-state index < -0.39 is 0 Å². The zero-order valence-electron chi connectivity index (χ0n) is 25.8. The number of rotatable bonds is 9. The van der Waals surface area contributed by atoms with Crippen molar-refractivity contribution in [2.24, 2.45) is 0 Å². The lowest BCUT2D eigenvalue weighted by molar-refractivity contribution is -0.116. The SMILES string of the molecule is COc1ccccc1CCC(=O)Nc1ccc(-c2nn(C3CCC(N4CCN(C)CC4)CC3)c3ncnc(N)c23)cc1OC. The lowest BCUT2D eigenvalue weighted by Crippen LogP contribution is -2.49. The van der Waals surface area contributed by atoms with E-state index in [1.165, 1.54) is 6.33 Å². The molecule has 44 heavy (non-hydrogen) atoms. The summed E-state index contributed by atoms with van der Waals surface area (Å²) in [6, 6.07) is 14.3. The number of amides is 1. The quantitative estimate of drug-likeness (QED) is 0.289. The number of nitrogens with one attached hydrogen (secondary N) is 1. The molecule has 4 aromatic rings. The summed E-state index contributed by atoms with van der Waals surface area (Å²) in [5.41, 5.74) is 10.3. The molecule has 1 saturated carbocycles. The maximum atomic E-state index is 12.9. The smallest absolute Gasteiger partial charge is 0.224 e. The van der Waals surface area contributed by atoms with E-state index in [9.17, 15) is 4.79 Å². The standard InChI is InChI=1S/C33H42N8O3/c1-39-16-18-40(19-17-39)24-10-12-25(13-11-24)41-33-30(32(34)35-21-36-33)31(38-41)23-8-14-26(28(20-23)44-3)37-29(42)15-9-22-6-4-5-7-27(22)43-2/h4-8,14,20-21,24-25H,9-13,15-19H2,1-3H3,(H,37,42)(H2,34,35,36). The number of piperazine rings is 1. The average Bonchev–Trinajstić information content (AvgIpc) is 3.45. The van der Waals surface area contributed by atoms with E-state index in [0.717, 1.165) is 79.8 Å². The molecule has 2 aliphatic rings. The Balaban J connectivity index is 1.20. The van der Waals surface area contributed by atoms with Gasteiger partial charge in [0.2, 0.25) is 5.91 Å². The fraction of sp³-hybridized carbons (Fsp3) is 0.455. The van der Waals surface area contributed by atoms with Crippen LogP contribution in [0.2, 0.25) is 0 Å². The molecule has 11 nitrogen and oxygen atoms in total. The number of hydrogen-bond acceptors (Lipinski definition) is 9. The second kappa shape index (κ2) is 13.2. The minimum atomic E-state index is -0.110. The van der Waals surface area contributed by atoms with Gasteiger partial charge in [-0.2, -0.15) is 5.10 Å². The Morgan fingerprint density at radius 1 is 0.955 bits per heavy atom. The van der Waals surface area contributed by atoms with Crippen molar-refractivity contribution in [3.63, 3.8) is 0 Å². The Hall–Kier alpha value is -4.22. The molecule has 0 bridgehead atoms. The maximum Gasteiger partial charge on any atom is 0.224 e. The van der Waals surface area contributed by atoms with Crippen molar-refractivity contribution in [2.45, 2.75) is 50.6 Å². The summed E-state index contributed by atoms with van der Waals surface area (Å²) in [6.07, 6.45) is 6.76. The second-order valence-corrected chi connectivity index (χ2v) is 11.8. The number of nitrogens with two attached hydrogens (primary N) is 1. The molecule has 3 heterocycles. The van der Waals surface area contributed by atoms with Crippen LogP contribution in [0.5, 0.6) is 11.5 Å². The van der Waals surface area contributed by atoms with E-state index in [1.54, 1.807) is 14.2 Å². The predicted octanol–water partition coefficient (Wildman–Crippen LogP) is 4.40. The molecule has 3 N–H and O–H groups in total. The van der Waals surface area contributed by atoms with Gasteiger partial charge in [-0.15, -0.1) is 0 Å². The summed E-state index contributed by atoms with van der Waals surface area (Å²) in [7, 11) is 5.43. The number of likely N-dealkylation sites (N-methyl/N-ethyl adjacent to an activating group) is 1. The predicted molar refractivity (Wildman–Crippen MR) is 172 cm³/mol. The molecule has 1 aliphatic carbocycles. The number of aryl methyl sites for hydroxylation is 1. The van der Waals surface area contributed by atoms with Crippen LogP contribution in [-0.2, 0) is 11.2 Å². The first-order valence-corrected chi connectivity index (χ1v) is 15.5. The van der Waals surface area contributed by atoms with E-state index >= 15 is 0 Å². The van der Waals surface area contributed by atoms with Gasteiger partial charge in [0, 0.05) is 44.2 Å². The molecule has 0 unspecified atom stereocenters. The van der Waals surface area contributed by atoms with Crippen molar-refractivity contribution in [1.29, 1.82) is 0 Å². The molecule has 0 spiro atoms. The summed E-state index contributed by atoms with van der Waals surface area (Å²) in [6.45, 7) is 4.56. The number of fused-ring (bicyclic) bond motifs is 1. The molecule has 2 aromatic carbocycles. The van der Waals surface area contributed by atoms with Gasteiger partial charge in [0.15, 0.2) is 5.65 Å². The highest BCUT2D eigenvalue weighted by atomic mass is 16.5. The zero-order valence-corrected chi connectivity index (χ0v) is 25.8. The Kier molecular flexibility index (Phi) is 8.94. The van der Waals surface area contributed by atoms with Crippen LogP contribution in [0, 0.1) is 0 Å². The molecule has 232 valence electrons. The lowest BCUT2D eigenvalue weighted by Gasteiger charge is -2.41. The largest absolute Gasteiger partial charge is 0.496 e. The fourth-order valence-corrected chi connectivity index (χ4v) is 6.62. The zero-order chi connectivity index (χ0) is 30.6. The van der Waals surface area contributed by atoms with Crippen LogP contribution in [0.25, 0.3) is 22.3 Å². The minimum Gasteiger partial charge on any atom is -0.496 e. The first-order chi connectivity index (χ1) is 21.4. The third-order valence-electron chi connectivity index (χ3n) is 9.15. The fourth-order valence-electron chi connectivity index (χ4n) is 6.62. The first-order valence-electron chi connectivity index (χ1n) is 15.5. The third kappa shape index (κ3) is 6.20. The monoisotopic (exact) mass is 598 g/mol. The number of ether oxygens (including phenoxy) is 2. The first kappa shape index (κ1) is 29.8. The lowest BCUT2D eigenvalue weighted by atomic mass is 9.90. The molecule has 1 aliphatic heterocycles. The molecular weight excluding hydrogens is 556 g/mol. The number of benzene rings is 2. The van der Waals surface area contributed by atoms with E-state index in [4.69, 9.17) is 20.3 Å². The Labute approximate surface area is 258 Å². The van der Waals surface area contributed by atoms with Crippen molar-refractivity contribution >= 4 is 28.4 Å². The van der Waals surface area contributed by atoms with Gasteiger partial charge in [0.25, 0.3) is 0 Å². The number of hydrogen-bond donors (Lipinski definition) is 2. The molecule has 1 saturated heterocycles. The van der Waals surface area contributed by atoms with Gasteiger partial charge in [0.1, 0.15) is 29.3 Å². The number of carbonyl (C=O) groups is 1. The molecule has 1 amide bonds. The van der Waals surface area contributed by atoms with Crippen LogP contribution in [-0.4, -0.2) is 88.9 Å². The molecular formula is C33H42N8O3. The van der Waals surface area contributed by atoms with E-state index in [0.29, 0.717) is 41.8 Å². The van der Waals surface area contributed by atoms with Gasteiger partial charge in [-0.05, 0) is 62.9 Å². The molecule has 6 rings (SSSR count). The molecule has 2 aromatic heterocycles. The summed E-state index contributed by atoms with van der Waals surface area (Å²) in [5, 5.41) is 8.84. The highest BCUT2D eigenvalue weighted by molar-refractivity contribution is 5.99. The number of nitrogen functional groups attached to an aromatic ring is 1. The van der Waals surface area contributed by atoms with Crippen LogP contribution in [0.1, 0.15) is 43.7 Å². The highest BCUT2D eigenvalue weighted by Gasteiger charge is 2.31. The normalized spacial score (nSPS) is 19.6. The van der Waals surface area contributed by atoms with Crippen molar-refractivity contribution in [2.75, 3.05) is 58.5 Å². The van der Waals surface area contributed by atoms with Crippen molar-refractivity contribution < 1.29 is 14.3 Å². The van der Waals surface area contributed by atoms with Gasteiger partial charge < -0.3 is 25.4 Å². The summed E-state index contributed by atoms with van der Waals surface area (Å²) in [4.78, 5) is 26.9. The number of para-hydroxylation sites is 1. The number of nitrogens with zero attached hydrogens (tertiary/aromatic N) is 6. The summed E-state index contributed by atoms with van der Waals surface area (Å²) >= 11 is 0. The second-order valence-electron chi connectivity index (χ2n) is 11.8. The van der Waals surface area contributed by atoms with Gasteiger partial charge in [-0.3, -0.25) is 9.69 Å². The van der Waals surface area contributed by atoms with Crippen LogP contribution in [0.3, 0.4) is 0 Å². The highest BCUT2D eigenvalue weighted by Crippen LogP contribution is 2.39. The molecule has 2 fully saturated rings. The number of anilines is 2. The molecule has 11 heteroatoms. The van der Waals surface area contributed by atoms with Crippen LogP contribution in [0.4, 0.5) is 11.5 Å². The van der Waals surface area contributed by atoms with Gasteiger partial charge in [-0.25, -0.2) is 14.6 Å². The topological polar surface area (TPSA) is 124 Å². The van der Waals surface area contributed by atoms with E-state index in [-0.39, 0.29) is 11.9 Å². The van der Waals surface area contributed by atoms with Crippen LogP contribution in [0.15, 0.2) is 48.8 Å². The molecule has 0 radical (unpaired) electrons. The summed E-state index contributed by atoms with van der Waals surface area (Å²) in [5.74, 6) is 1.61. The summed E-state index contributed by atoms with van der Waals surface area (Å²) < 4.78 is 13.2. The van der Waals surface area contributed by atoms with Gasteiger partial charge in [0.05, 0.1) is 31.3 Å². The van der Waals surface area contributed by atoms with E-state index in [2.05, 4.69) is 36.8 Å². The Bertz CT molecular complexity index is 1610. The number of carbonyl (C=O) groups excluding carboxylic acids is 1. The molecule has 0 atom stereocenters. The van der Waals surface area contributed by atoms with Crippen molar-refractivity contribution in [3.05, 3.63) is 54.4 Å². The number of methoxy groups -OCH3 is 2. The van der Waals surface area contributed by atoms with Crippen LogP contribution < -0.4 is 20.5 Å². The van der Waals surface area contributed by atoms with Crippen LogP contribution >= 0.6 is 0 Å².